The molecule has 0 aliphatic heterocycles. The van der Waals surface area contributed by atoms with Gasteiger partial charge in [-0.05, 0) is 25.0 Å². The molecule has 0 spiro atoms. The van der Waals surface area contributed by atoms with Crippen LogP contribution in [0.5, 0.6) is 0 Å². The van der Waals surface area contributed by atoms with E-state index in [1.807, 2.05) is 0 Å². The van der Waals surface area contributed by atoms with Crippen molar-refractivity contribution in [2.45, 2.75) is 148 Å². The van der Waals surface area contributed by atoms with Crippen LogP contribution in [0.15, 0.2) is 24.3 Å². The third-order valence-corrected chi connectivity index (χ3v) is 8.16. The summed E-state index contributed by atoms with van der Waals surface area (Å²) >= 11 is 0. The van der Waals surface area contributed by atoms with Crippen LogP contribution in [0.2, 0.25) is 0 Å². The van der Waals surface area contributed by atoms with Gasteiger partial charge in [-0.2, -0.15) is 0 Å². The van der Waals surface area contributed by atoms with Crippen LogP contribution in [0.4, 0.5) is 0 Å². The van der Waals surface area contributed by atoms with Gasteiger partial charge in [-0.3, -0.25) is 0 Å². The van der Waals surface area contributed by atoms with Gasteiger partial charge in [-0.25, -0.2) is 18.0 Å². The first-order chi connectivity index (χ1) is 19.3. The standard InChI is InChI=1S/C32H54O7S.Na/c1-3-5-6-7-8-9-10-11-12-13-14-15-16-17-18-19-20-23-27-38-31(33)28-25-21-22-26-29(28)32(34)39-30(24-4-2)40(35,36)37;/h21-22,25-26,30H,3-20,23-24,27H2,1-2H3,(H,35,36,37);/q;+1/p-1. The maximum absolute atomic E-state index is 12.6. The van der Waals surface area contributed by atoms with Crippen molar-refractivity contribution in [2.75, 3.05) is 6.61 Å². The number of hydrogen-bond donors (Lipinski definition) is 0. The van der Waals surface area contributed by atoms with Crippen molar-refractivity contribution >= 4 is 22.1 Å². The third-order valence-electron chi connectivity index (χ3n) is 7.18. The Labute approximate surface area is 272 Å². The molecule has 0 heterocycles. The van der Waals surface area contributed by atoms with Crippen molar-refractivity contribution in [3.05, 3.63) is 35.4 Å². The van der Waals surface area contributed by atoms with Crippen LogP contribution in [0.25, 0.3) is 0 Å². The topological polar surface area (TPSA) is 110 Å². The number of carbonyl (C=O) groups is 2. The predicted molar refractivity (Wildman–Crippen MR) is 159 cm³/mol. The number of ether oxygens (including phenoxy) is 2. The summed E-state index contributed by atoms with van der Waals surface area (Å²) in [5.74, 6) is -1.70. The first kappa shape index (κ1) is 40.1. The Morgan fingerprint density at radius 2 is 1.05 bits per heavy atom. The van der Waals surface area contributed by atoms with Crippen molar-refractivity contribution < 1.29 is 61.6 Å². The number of hydrogen-bond acceptors (Lipinski definition) is 7. The summed E-state index contributed by atoms with van der Waals surface area (Å²) in [5, 5.41) is 0. The summed E-state index contributed by atoms with van der Waals surface area (Å²) in [6.45, 7) is 4.19. The molecule has 0 fully saturated rings. The molecule has 230 valence electrons. The fourth-order valence-electron chi connectivity index (χ4n) is 4.77. The number of rotatable bonds is 25. The van der Waals surface area contributed by atoms with Gasteiger partial charge in [0.2, 0.25) is 0 Å². The van der Waals surface area contributed by atoms with E-state index in [1.54, 1.807) is 13.0 Å². The molecule has 1 rings (SSSR count). The molecule has 0 saturated heterocycles. The Morgan fingerprint density at radius 3 is 1.44 bits per heavy atom. The van der Waals surface area contributed by atoms with Gasteiger partial charge in [0.25, 0.3) is 0 Å². The van der Waals surface area contributed by atoms with Gasteiger partial charge in [-0.1, -0.05) is 142 Å². The first-order valence-electron chi connectivity index (χ1n) is 15.7. The summed E-state index contributed by atoms with van der Waals surface area (Å²) < 4.78 is 44.4. The van der Waals surface area contributed by atoms with E-state index in [1.165, 1.54) is 115 Å². The van der Waals surface area contributed by atoms with Crippen molar-refractivity contribution in [2.24, 2.45) is 0 Å². The average Bonchev–Trinajstić information content (AvgIpc) is 2.93. The van der Waals surface area contributed by atoms with Crippen LogP contribution in [0, 0.1) is 0 Å². The summed E-state index contributed by atoms with van der Waals surface area (Å²) in [4.78, 5) is 25.1. The molecule has 0 N–H and O–H groups in total. The van der Waals surface area contributed by atoms with Crippen molar-refractivity contribution in [3.63, 3.8) is 0 Å². The number of esters is 2. The maximum atomic E-state index is 12.6. The number of carbonyl (C=O) groups excluding carboxylic acids is 2. The Balaban J connectivity index is 0.0000160. The summed E-state index contributed by atoms with van der Waals surface area (Å²) in [5.41, 5.74) is -1.91. The van der Waals surface area contributed by atoms with Crippen molar-refractivity contribution in [1.29, 1.82) is 0 Å². The maximum Gasteiger partial charge on any atom is 1.00 e. The van der Waals surface area contributed by atoms with E-state index in [2.05, 4.69) is 6.92 Å². The molecule has 9 heteroatoms. The summed E-state index contributed by atoms with van der Waals surface area (Å²) in [6, 6.07) is 5.90. The molecule has 1 atom stereocenters. The zero-order valence-electron chi connectivity index (χ0n) is 26.0. The predicted octanol–water partition coefficient (Wildman–Crippen LogP) is 5.72. The van der Waals surface area contributed by atoms with Crippen LogP contribution in [-0.2, 0) is 19.6 Å². The molecule has 41 heavy (non-hydrogen) atoms. The van der Waals surface area contributed by atoms with E-state index in [-0.39, 0.29) is 53.7 Å². The molecular weight excluding hydrogens is 551 g/mol. The minimum atomic E-state index is -4.81. The van der Waals surface area contributed by atoms with Gasteiger partial charge in [0.1, 0.15) is 10.1 Å². The monoisotopic (exact) mass is 604 g/mol. The van der Waals surface area contributed by atoms with Crippen LogP contribution in [-0.4, -0.2) is 37.0 Å². The fourth-order valence-corrected chi connectivity index (χ4v) is 5.50. The molecule has 0 aliphatic rings. The smallest absolute Gasteiger partial charge is 0.745 e. The van der Waals surface area contributed by atoms with Gasteiger partial charge >= 0.3 is 41.5 Å². The second-order valence-electron chi connectivity index (χ2n) is 10.8. The fraction of sp³-hybridized carbons (Fsp3) is 0.750. The van der Waals surface area contributed by atoms with Crippen molar-refractivity contribution in [3.8, 4) is 0 Å². The molecule has 0 aromatic heterocycles. The molecule has 7 nitrogen and oxygen atoms in total. The van der Waals surface area contributed by atoms with Crippen molar-refractivity contribution in [1.82, 2.24) is 0 Å². The molecule has 1 aromatic rings. The van der Waals surface area contributed by atoms with Crippen LogP contribution in [0.3, 0.4) is 0 Å². The molecule has 1 unspecified atom stereocenters. The first-order valence-corrected chi connectivity index (χ1v) is 17.2. The summed E-state index contributed by atoms with van der Waals surface area (Å²) in [7, 11) is -4.81. The van der Waals surface area contributed by atoms with Gasteiger partial charge in [0, 0.05) is 0 Å². The van der Waals surface area contributed by atoms with Gasteiger partial charge in [0.15, 0.2) is 5.44 Å². The normalized spacial score (nSPS) is 12.0. The van der Waals surface area contributed by atoms with E-state index >= 15 is 0 Å². The SMILES string of the molecule is CCCCCCCCCCCCCCCCCCCCOC(=O)c1ccccc1C(=O)OC(CCC)S(=O)(=O)[O-].[Na+]. The third kappa shape index (κ3) is 19.8. The van der Waals surface area contributed by atoms with E-state index in [0.717, 1.165) is 19.3 Å². The zero-order chi connectivity index (χ0) is 29.5. The molecule has 0 radical (unpaired) electrons. The number of benzene rings is 1. The van der Waals surface area contributed by atoms with Gasteiger partial charge in [0.05, 0.1) is 17.7 Å². The minimum Gasteiger partial charge on any atom is -0.745 e. The molecule has 0 saturated carbocycles. The molecule has 0 aliphatic carbocycles. The summed E-state index contributed by atoms with van der Waals surface area (Å²) in [6.07, 6.45) is 23.3. The largest absolute Gasteiger partial charge is 1.00 e. The average molecular weight is 605 g/mol. The Bertz CT molecular complexity index is 920. The van der Waals surface area contributed by atoms with Crippen LogP contribution in [0.1, 0.15) is 163 Å². The molecule has 0 amide bonds. The molecule has 1 aromatic carbocycles. The molecular formula is C32H53NaO7S. The Hall–Kier alpha value is -0.930. The van der Waals surface area contributed by atoms with Crippen LogP contribution < -0.4 is 29.6 Å². The zero-order valence-corrected chi connectivity index (χ0v) is 28.8. The van der Waals surface area contributed by atoms with E-state index in [4.69, 9.17) is 9.47 Å². The van der Waals surface area contributed by atoms with E-state index in [0.29, 0.717) is 6.42 Å². The second kappa shape index (κ2) is 25.6. The quantitative estimate of drug-likeness (QED) is 0.0608. The second-order valence-corrected chi connectivity index (χ2v) is 12.3. The van der Waals surface area contributed by atoms with Crippen LogP contribution >= 0.6 is 0 Å². The molecule has 0 bridgehead atoms. The van der Waals surface area contributed by atoms with E-state index < -0.39 is 27.5 Å². The van der Waals surface area contributed by atoms with Gasteiger partial charge < -0.3 is 14.0 Å². The minimum absolute atomic E-state index is 0. The van der Waals surface area contributed by atoms with Gasteiger partial charge in [-0.15, -0.1) is 0 Å². The number of unbranched alkanes of at least 4 members (excludes halogenated alkanes) is 17. The van der Waals surface area contributed by atoms with E-state index in [9.17, 15) is 22.6 Å². The Morgan fingerprint density at radius 1 is 0.659 bits per heavy atom. The Kier molecular flexibility index (Phi) is 25.0.